The Labute approximate surface area is 132 Å². The van der Waals surface area contributed by atoms with Crippen molar-refractivity contribution in [3.63, 3.8) is 0 Å². The van der Waals surface area contributed by atoms with Gasteiger partial charge in [0, 0.05) is 22.3 Å². The zero-order chi connectivity index (χ0) is 17.2. The van der Waals surface area contributed by atoms with E-state index in [-0.39, 0.29) is 22.5 Å². The van der Waals surface area contributed by atoms with Gasteiger partial charge in [-0.1, -0.05) is 12.8 Å². The molecule has 0 aromatic carbocycles. The number of hydrogen-bond donors (Lipinski definition) is 0. The molecule has 0 radical (unpaired) electrons. The van der Waals surface area contributed by atoms with Crippen LogP contribution in [-0.2, 0) is 0 Å². The van der Waals surface area contributed by atoms with Crippen LogP contribution in [0.4, 0.5) is 0 Å². The summed E-state index contributed by atoms with van der Waals surface area (Å²) in [5, 5.41) is 41.1. The molecule has 0 aromatic rings. The maximum Gasteiger partial charge on any atom is 0.244 e. The lowest BCUT2D eigenvalue weighted by Crippen LogP contribution is -2.39. The lowest BCUT2D eigenvalue weighted by Gasteiger charge is -2.38. The van der Waals surface area contributed by atoms with E-state index in [4.69, 9.17) is 0 Å². The number of rotatable bonds is 4. The molecule has 1 aliphatic carbocycles. The molecule has 0 unspecified atom stereocenters. The molecular formula is C14H15N5O4. The van der Waals surface area contributed by atoms with Crippen LogP contribution in [-0.4, -0.2) is 34.9 Å². The van der Waals surface area contributed by atoms with Gasteiger partial charge in [-0.05, 0) is 12.8 Å². The molecule has 2 aliphatic rings. The van der Waals surface area contributed by atoms with Crippen molar-refractivity contribution in [1.29, 1.82) is 10.5 Å². The highest BCUT2D eigenvalue weighted by molar-refractivity contribution is 5.53. The Bertz CT molecular complexity index is 650. The number of hydrogen-bond acceptors (Lipinski definition) is 7. The van der Waals surface area contributed by atoms with E-state index in [0.29, 0.717) is 12.8 Å². The third-order valence-corrected chi connectivity index (χ3v) is 4.58. The van der Waals surface area contributed by atoms with Crippen LogP contribution in [0.2, 0.25) is 0 Å². The minimum absolute atomic E-state index is 0.148. The number of nitro groups is 2. The summed E-state index contributed by atoms with van der Waals surface area (Å²) in [5.41, 5.74) is -0.201. The molecule has 9 heteroatoms. The van der Waals surface area contributed by atoms with Crippen LogP contribution in [0, 0.1) is 48.3 Å². The van der Waals surface area contributed by atoms with E-state index >= 15 is 0 Å². The molecular weight excluding hydrogens is 302 g/mol. The van der Waals surface area contributed by atoms with Crippen LogP contribution in [0.25, 0.3) is 0 Å². The second-order valence-corrected chi connectivity index (χ2v) is 5.70. The van der Waals surface area contributed by atoms with Crippen molar-refractivity contribution in [2.24, 2.45) is 5.41 Å². The lowest BCUT2D eigenvalue weighted by molar-refractivity contribution is -0.477. The molecule has 0 N–H and O–H groups in total. The maximum atomic E-state index is 11.0. The molecule has 1 spiro atoms. The Hall–Kier alpha value is -2.94. The Morgan fingerprint density at radius 1 is 1.04 bits per heavy atom. The van der Waals surface area contributed by atoms with Crippen molar-refractivity contribution in [2.75, 3.05) is 20.1 Å². The molecule has 1 heterocycles. The first-order valence-electron chi connectivity index (χ1n) is 7.12. The normalized spacial score (nSPS) is 19.7. The van der Waals surface area contributed by atoms with E-state index in [9.17, 15) is 30.8 Å². The van der Waals surface area contributed by atoms with Gasteiger partial charge in [-0.3, -0.25) is 20.2 Å². The van der Waals surface area contributed by atoms with Gasteiger partial charge >= 0.3 is 0 Å². The van der Waals surface area contributed by atoms with Crippen molar-refractivity contribution in [2.45, 2.75) is 25.7 Å². The number of nitrogens with zero attached hydrogens (tertiary/aromatic N) is 5. The topological polar surface area (TPSA) is 137 Å². The summed E-state index contributed by atoms with van der Waals surface area (Å²) in [4.78, 5) is 22.1. The predicted octanol–water partition coefficient (Wildman–Crippen LogP) is 1.60. The monoisotopic (exact) mass is 317 g/mol. The fourth-order valence-corrected chi connectivity index (χ4v) is 3.61. The standard InChI is InChI=1S/C14H15N5O4/c1-17-12(8-18(20)21)10(6-15)14(4-2-3-5-14)11(7-16)13(17)9-19(22)23/h2-5,8-9H2,1H3. The Balaban J connectivity index is 2.71. The summed E-state index contributed by atoms with van der Waals surface area (Å²) in [6.07, 6.45) is 2.57. The second-order valence-electron chi connectivity index (χ2n) is 5.70. The van der Waals surface area contributed by atoms with E-state index in [1.807, 2.05) is 12.1 Å². The van der Waals surface area contributed by atoms with Gasteiger partial charge in [-0.15, -0.1) is 0 Å². The first kappa shape index (κ1) is 16.4. The number of nitriles is 2. The van der Waals surface area contributed by atoms with Gasteiger partial charge in [0.1, 0.15) is 11.4 Å². The Morgan fingerprint density at radius 3 is 1.74 bits per heavy atom. The summed E-state index contributed by atoms with van der Waals surface area (Å²) in [6.45, 7) is -1.19. The molecule has 0 atom stereocenters. The van der Waals surface area contributed by atoms with Gasteiger partial charge in [0.15, 0.2) is 0 Å². The molecule has 1 saturated carbocycles. The molecule has 1 fully saturated rings. The highest BCUT2D eigenvalue weighted by atomic mass is 16.6. The summed E-state index contributed by atoms with van der Waals surface area (Å²) < 4.78 is 0. The minimum atomic E-state index is -0.910. The minimum Gasteiger partial charge on any atom is -0.339 e. The van der Waals surface area contributed by atoms with Crippen molar-refractivity contribution >= 4 is 0 Å². The molecule has 0 bridgehead atoms. The smallest absolute Gasteiger partial charge is 0.244 e. The van der Waals surface area contributed by atoms with Gasteiger partial charge in [0.05, 0.1) is 23.3 Å². The van der Waals surface area contributed by atoms with Crippen molar-refractivity contribution in [1.82, 2.24) is 4.90 Å². The third-order valence-electron chi connectivity index (χ3n) is 4.58. The van der Waals surface area contributed by atoms with Crippen LogP contribution in [0.3, 0.4) is 0 Å². The predicted molar refractivity (Wildman–Crippen MR) is 77.7 cm³/mol. The second kappa shape index (κ2) is 6.05. The molecule has 0 aromatic heterocycles. The van der Waals surface area contributed by atoms with Gasteiger partial charge in [-0.2, -0.15) is 10.5 Å². The average molecular weight is 317 g/mol. The quantitative estimate of drug-likeness (QED) is 0.567. The first-order valence-corrected chi connectivity index (χ1v) is 7.12. The third kappa shape index (κ3) is 2.61. The number of allylic oxidation sites excluding steroid dienone is 2. The van der Waals surface area contributed by atoms with E-state index in [1.165, 1.54) is 11.9 Å². The van der Waals surface area contributed by atoms with E-state index < -0.39 is 28.4 Å². The van der Waals surface area contributed by atoms with Crippen molar-refractivity contribution in [3.05, 3.63) is 42.8 Å². The fourth-order valence-electron chi connectivity index (χ4n) is 3.61. The molecule has 0 amide bonds. The Kier molecular flexibility index (Phi) is 4.32. The van der Waals surface area contributed by atoms with Gasteiger partial charge in [0.2, 0.25) is 13.1 Å². The van der Waals surface area contributed by atoms with E-state index in [1.54, 1.807) is 0 Å². The molecule has 23 heavy (non-hydrogen) atoms. The number of likely N-dealkylation sites (N-methyl/N-ethyl adjacent to an activating group) is 1. The molecule has 1 aliphatic heterocycles. The molecule has 2 rings (SSSR count). The highest BCUT2D eigenvalue weighted by Crippen LogP contribution is 2.54. The van der Waals surface area contributed by atoms with E-state index in [2.05, 4.69) is 0 Å². The van der Waals surface area contributed by atoms with Crippen molar-refractivity contribution < 1.29 is 9.85 Å². The highest BCUT2D eigenvalue weighted by Gasteiger charge is 2.50. The molecule has 120 valence electrons. The SMILES string of the molecule is CN1C(C[N+](=O)[O-])=C(C#N)C2(CCCC2)C(C#N)=C1C[N+](=O)[O-]. The summed E-state index contributed by atoms with van der Waals surface area (Å²) >= 11 is 0. The van der Waals surface area contributed by atoms with Crippen molar-refractivity contribution in [3.8, 4) is 12.1 Å². The van der Waals surface area contributed by atoms with Gasteiger partial charge in [0.25, 0.3) is 0 Å². The zero-order valence-electron chi connectivity index (χ0n) is 12.6. The zero-order valence-corrected chi connectivity index (χ0v) is 12.6. The fraction of sp³-hybridized carbons (Fsp3) is 0.571. The van der Waals surface area contributed by atoms with Crippen LogP contribution in [0.5, 0.6) is 0 Å². The van der Waals surface area contributed by atoms with Crippen LogP contribution >= 0.6 is 0 Å². The van der Waals surface area contributed by atoms with Crippen LogP contribution < -0.4 is 0 Å². The van der Waals surface area contributed by atoms with E-state index in [0.717, 1.165) is 12.8 Å². The van der Waals surface area contributed by atoms with Gasteiger partial charge in [-0.25, -0.2) is 0 Å². The summed E-state index contributed by atoms with van der Waals surface area (Å²) in [7, 11) is 1.44. The maximum absolute atomic E-state index is 11.0. The summed E-state index contributed by atoms with van der Waals surface area (Å²) in [6, 6.07) is 4.08. The van der Waals surface area contributed by atoms with Gasteiger partial charge < -0.3 is 4.90 Å². The molecule has 0 saturated heterocycles. The van der Waals surface area contributed by atoms with Crippen LogP contribution in [0.15, 0.2) is 22.5 Å². The average Bonchev–Trinajstić information content (AvgIpc) is 2.94. The Morgan fingerprint density at radius 2 is 1.43 bits per heavy atom. The van der Waals surface area contributed by atoms with Crippen LogP contribution in [0.1, 0.15) is 25.7 Å². The first-order chi connectivity index (χ1) is 10.9. The largest absolute Gasteiger partial charge is 0.339 e. The lowest BCUT2D eigenvalue weighted by atomic mass is 9.69. The molecule has 9 nitrogen and oxygen atoms in total. The summed E-state index contributed by atoms with van der Waals surface area (Å²) in [5.74, 6) is 0.